The predicted molar refractivity (Wildman–Crippen MR) is 115 cm³/mol. The van der Waals surface area contributed by atoms with E-state index in [0.717, 1.165) is 0 Å². The van der Waals surface area contributed by atoms with Crippen LogP contribution >= 0.6 is 0 Å². The fourth-order valence-corrected chi connectivity index (χ4v) is 2.63. The van der Waals surface area contributed by atoms with Crippen LogP contribution in [0.3, 0.4) is 0 Å². The molecule has 1 atom stereocenters. The van der Waals surface area contributed by atoms with Crippen LogP contribution in [0.5, 0.6) is 11.5 Å². The molecule has 0 aliphatic carbocycles. The van der Waals surface area contributed by atoms with Crippen LogP contribution in [0.1, 0.15) is 39.7 Å². The average molecular weight is 469 g/mol. The Morgan fingerprint density at radius 3 is 2.03 bits per heavy atom. The minimum atomic E-state index is -1.54. The molecule has 11 heteroatoms. The standard InChI is InChI=1S/C22H31NO10/c1-6-29-20(26)32-16-9-8-15(12-17(16)33-21(27)30-7-2)13-22(23,19(25)28-5)10-11-31-18(24)14(3)4/h8-9,12,14H,6-7,10-11,13,23H2,1-5H3. The van der Waals surface area contributed by atoms with Gasteiger partial charge >= 0.3 is 24.2 Å². The fraction of sp³-hybridized carbons (Fsp3) is 0.545. The quantitative estimate of drug-likeness (QED) is 0.289. The Balaban J connectivity index is 3.15. The molecule has 0 aliphatic rings. The van der Waals surface area contributed by atoms with Gasteiger partial charge in [-0.3, -0.25) is 9.59 Å². The largest absolute Gasteiger partial charge is 0.513 e. The Bertz CT molecular complexity index is 838. The van der Waals surface area contributed by atoms with Crippen LogP contribution in [0, 0.1) is 5.92 Å². The van der Waals surface area contributed by atoms with Crippen LogP contribution in [0.2, 0.25) is 0 Å². The fourth-order valence-electron chi connectivity index (χ4n) is 2.63. The van der Waals surface area contributed by atoms with E-state index >= 15 is 0 Å². The smallest absolute Gasteiger partial charge is 0.468 e. The molecule has 0 amide bonds. The monoisotopic (exact) mass is 469 g/mol. The highest BCUT2D eigenvalue weighted by molar-refractivity contribution is 5.81. The molecule has 33 heavy (non-hydrogen) atoms. The van der Waals surface area contributed by atoms with Crippen molar-refractivity contribution in [3.05, 3.63) is 23.8 Å². The number of ether oxygens (including phenoxy) is 6. The van der Waals surface area contributed by atoms with Gasteiger partial charge in [-0.25, -0.2) is 9.59 Å². The van der Waals surface area contributed by atoms with Gasteiger partial charge in [0.1, 0.15) is 5.54 Å². The SMILES string of the molecule is CCOC(=O)Oc1ccc(CC(N)(CCOC(=O)C(C)C)C(=O)OC)cc1OC(=O)OCC. The highest BCUT2D eigenvalue weighted by Crippen LogP contribution is 2.31. The molecule has 1 aromatic rings. The molecule has 184 valence electrons. The van der Waals surface area contributed by atoms with Crippen LogP contribution < -0.4 is 15.2 Å². The second kappa shape index (κ2) is 13.3. The number of nitrogens with two attached hydrogens (primary N) is 1. The molecule has 0 fully saturated rings. The Labute approximate surface area is 192 Å². The van der Waals surface area contributed by atoms with Gasteiger partial charge in [-0.1, -0.05) is 19.9 Å². The minimum absolute atomic E-state index is 0.0206. The summed E-state index contributed by atoms with van der Waals surface area (Å²) >= 11 is 0. The van der Waals surface area contributed by atoms with Gasteiger partial charge in [-0.2, -0.15) is 0 Å². The van der Waals surface area contributed by atoms with E-state index in [9.17, 15) is 19.2 Å². The zero-order valence-corrected chi connectivity index (χ0v) is 19.5. The summed E-state index contributed by atoms with van der Waals surface area (Å²) in [5, 5.41) is 0. The molecule has 0 aliphatic heterocycles. The molecule has 0 aromatic heterocycles. The van der Waals surface area contributed by atoms with E-state index in [-0.39, 0.29) is 50.1 Å². The normalized spacial score (nSPS) is 12.3. The van der Waals surface area contributed by atoms with Gasteiger partial charge in [0.25, 0.3) is 0 Å². The van der Waals surface area contributed by atoms with E-state index in [2.05, 4.69) is 0 Å². The highest BCUT2D eigenvalue weighted by Gasteiger charge is 2.36. The summed E-state index contributed by atoms with van der Waals surface area (Å²) in [6.45, 7) is 6.62. The van der Waals surface area contributed by atoms with E-state index in [1.807, 2.05) is 0 Å². The molecule has 0 bridgehead atoms. The highest BCUT2D eigenvalue weighted by atomic mass is 16.7. The number of esters is 2. The van der Waals surface area contributed by atoms with E-state index < -0.39 is 29.8 Å². The van der Waals surface area contributed by atoms with E-state index in [1.165, 1.54) is 25.3 Å². The van der Waals surface area contributed by atoms with Crippen molar-refractivity contribution in [2.45, 2.75) is 46.1 Å². The summed E-state index contributed by atoms with van der Waals surface area (Å²) in [6, 6.07) is 4.25. The molecule has 0 spiro atoms. The van der Waals surface area contributed by atoms with Crippen LogP contribution in [0.4, 0.5) is 9.59 Å². The van der Waals surface area contributed by atoms with Gasteiger partial charge in [0, 0.05) is 12.8 Å². The first kappa shape index (κ1) is 27.7. The molecular formula is C22H31NO10. The van der Waals surface area contributed by atoms with Crippen molar-refractivity contribution < 1.29 is 47.6 Å². The zero-order chi connectivity index (χ0) is 25.0. The number of rotatable bonds is 11. The van der Waals surface area contributed by atoms with Crippen molar-refractivity contribution in [1.29, 1.82) is 0 Å². The number of carbonyl (C=O) groups is 4. The lowest BCUT2D eigenvalue weighted by Gasteiger charge is -2.27. The van der Waals surface area contributed by atoms with Crippen molar-refractivity contribution in [2.75, 3.05) is 26.9 Å². The third-order valence-electron chi connectivity index (χ3n) is 4.29. The molecule has 1 aromatic carbocycles. The Hall–Kier alpha value is -3.34. The van der Waals surface area contributed by atoms with Gasteiger partial charge in [0.05, 0.1) is 32.8 Å². The Kier molecular flexibility index (Phi) is 11.1. The summed E-state index contributed by atoms with van der Waals surface area (Å²) in [5.74, 6) is -1.71. The summed E-state index contributed by atoms with van der Waals surface area (Å²) in [4.78, 5) is 47.6. The lowest BCUT2D eigenvalue weighted by atomic mass is 9.88. The number of hydrogen-bond donors (Lipinski definition) is 1. The van der Waals surface area contributed by atoms with Gasteiger partial charge in [0.15, 0.2) is 11.5 Å². The molecule has 0 heterocycles. The Morgan fingerprint density at radius 1 is 0.939 bits per heavy atom. The van der Waals surface area contributed by atoms with Crippen molar-refractivity contribution in [3.63, 3.8) is 0 Å². The third kappa shape index (κ3) is 8.97. The zero-order valence-electron chi connectivity index (χ0n) is 19.5. The maximum Gasteiger partial charge on any atom is 0.513 e. The topological polar surface area (TPSA) is 150 Å². The summed E-state index contributed by atoms with van der Waals surface area (Å²) < 4.78 is 29.6. The van der Waals surface area contributed by atoms with Crippen molar-refractivity contribution in [1.82, 2.24) is 0 Å². The molecular weight excluding hydrogens is 438 g/mol. The summed E-state index contributed by atoms with van der Waals surface area (Å²) in [6.07, 6.45) is -2.09. The lowest BCUT2D eigenvalue weighted by molar-refractivity contribution is -0.152. The van der Waals surface area contributed by atoms with E-state index in [1.54, 1.807) is 27.7 Å². The van der Waals surface area contributed by atoms with E-state index in [4.69, 9.17) is 34.2 Å². The second-order valence-corrected chi connectivity index (χ2v) is 7.25. The van der Waals surface area contributed by atoms with Crippen LogP contribution in [0.25, 0.3) is 0 Å². The van der Waals surface area contributed by atoms with Crippen LogP contribution in [-0.4, -0.2) is 56.7 Å². The first-order valence-electron chi connectivity index (χ1n) is 10.4. The third-order valence-corrected chi connectivity index (χ3v) is 4.29. The van der Waals surface area contributed by atoms with Gasteiger partial charge in [-0.15, -0.1) is 0 Å². The first-order valence-corrected chi connectivity index (χ1v) is 10.4. The number of carbonyl (C=O) groups excluding carboxylic acids is 4. The molecule has 0 radical (unpaired) electrons. The number of hydrogen-bond acceptors (Lipinski definition) is 11. The van der Waals surface area contributed by atoms with Crippen molar-refractivity contribution >= 4 is 24.2 Å². The molecule has 1 rings (SSSR count). The molecule has 1 unspecified atom stereocenters. The number of methoxy groups -OCH3 is 1. The van der Waals surface area contributed by atoms with Crippen molar-refractivity contribution in [2.24, 2.45) is 11.7 Å². The van der Waals surface area contributed by atoms with Gasteiger partial charge < -0.3 is 34.2 Å². The summed E-state index contributed by atoms with van der Waals surface area (Å²) in [7, 11) is 1.19. The lowest BCUT2D eigenvalue weighted by Crippen LogP contribution is -2.51. The van der Waals surface area contributed by atoms with Gasteiger partial charge in [-0.05, 0) is 31.5 Å². The summed E-state index contributed by atoms with van der Waals surface area (Å²) in [5.41, 5.74) is 5.21. The predicted octanol–water partition coefficient (Wildman–Crippen LogP) is 2.76. The molecule has 2 N–H and O–H groups in total. The minimum Gasteiger partial charge on any atom is -0.468 e. The maximum atomic E-state index is 12.4. The maximum absolute atomic E-state index is 12.4. The second-order valence-electron chi connectivity index (χ2n) is 7.25. The average Bonchev–Trinajstić information content (AvgIpc) is 2.75. The van der Waals surface area contributed by atoms with Gasteiger partial charge in [0.2, 0.25) is 0 Å². The first-order chi connectivity index (χ1) is 15.6. The van der Waals surface area contributed by atoms with Crippen LogP contribution in [0.15, 0.2) is 18.2 Å². The van der Waals surface area contributed by atoms with Crippen LogP contribution in [-0.2, 0) is 35.0 Å². The molecule has 0 saturated heterocycles. The Morgan fingerprint density at radius 2 is 1.52 bits per heavy atom. The molecule has 0 saturated carbocycles. The van der Waals surface area contributed by atoms with E-state index in [0.29, 0.717) is 5.56 Å². The van der Waals surface area contributed by atoms with Crippen molar-refractivity contribution in [3.8, 4) is 11.5 Å². The number of benzene rings is 1. The molecule has 11 nitrogen and oxygen atoms in total.